The predicted octanol–water partition coefficient (Wildman–Crippen LogP) is 6.01. The van der Waals surface area contributed by atoms with E-state index in [1.165, 1.54) is 12.1 Å². The first-order valence-electron chi connectivity index (χ1n) is 9.41. The molecule has 1 aliphatic rings. The fourth-order valence-corrected chi connectivity index (χ4v) is 4.12. The predicted molar refractivity (Wildman–Crippen MR) is 117 cm³/mol. The molecule has 0 bridgehead atoms. The van der Waals surface area contributed by atoms with Gasteiger partial charge in [-0.2, -0.15) is 0 Å². The van der Waals surface area contributed by atoms with E-state index in [0.717, 1.165) is 16.7 Å². The van der Waals surface area contributed by atoms with E-state index in [4.69, 9.17) is 33.7 Å². The first-order valence-corrected chi connectivity index (χ1v) is 10.2. The number of amides is 1. The number of ether oxygens (including phenoxy) is 1. The first kappa shape index (κ1) is 20.5. The first-order chi connectivity index (χ1) is 14.3. The fourth-order valence-electron chi connectivity index (χ4n) is 3.54. The number of anilines is 1. The minimum absolute atomic E-state index is 0.0880. The van der Waals surface area contributed by atoms with Crippen LogP contribution in [0.15, 0.2) is 48.5 Å². The number of fused-ring (bicyclic) bond motifs is 1. The average Bonchev–Trinajstić information content (AvgIpc) is 2.69. The lowest BCUT2D eigenvalue weighted by atomic mass is 9.97. The SMILES string of the molecule is Cc1ccc(F)cc1CN1CCc2cc(Oc3c(Cl)cc(N)cc3Cl)ccc2C1=O. The lowest BCUT2D eigenvalue weighted by molar-refractivity contribution is 0.0726. The smallest absolute Gasteiger partial charge is 0.254 e. The zero-order valence-corrected chi connectivity index (χ0v) is 17.7. The third kappa shape index (κ3) is 4.09. The number of nitrogens with two attached hydrogens (primary N) is 1. The monoisotopic (exact) mass is 444 g/mol. The van der Waals surface area contributed by atoms with Crippen LogP contribution in [-0.4, -0.2) is 17.4 Å². The van der Waals surface area contributed by atoms with E-state index in [1.807, 2.05) is 13.0 Å². The van der Waals surface area contributed by atoms with Crippen molar-refractivity contribution in [3.63, 3.8) is 0 Å². The largest absolute Gasteiger partial charge is 0.454 e. The molecule has 0 radical (unpaired) electrons. The summed E-state index contributed by atoms with van der Waals surface area (Å²) in [5, 5.41) is 0.621. The minimum Gasteiger partial charge on any atom is -0.454 e. The zero-order chi connectivity index (χ0) is 21.4. The van der Waals surface area contributed by atoms with Crippen LogP contribution in [0, 0.1) is 12.7 Å². The van der Waals surface area contributed by atoms with Crippen LogP contribution >= 0.6 is 23.2 Å². The van der Waals surface area contributed by atoms with Gasteiger partial charge < -0.3 is 15.4 Å². The second-order valence-electron chi connectivity index (χ2n) is 7.28. The number of carbonyl (C=O) groups is 1. The van der Waals surface area contributed by atoms with Crippen LogP contribution in [0.1, 0.15) is 27.0 Å². The number of benzene rings is 3. The molecule has 0 fully saturated rings. The molecular weight excluding hydrogens is 426 g/mol. The Morgan fingerprint density at radius 1 is 1.10 bits per heavy atom. The highest BCUT2D eigenvalue weighted by atomic mass is 35.5. The van der Waals surface area contributed by atoms with Crippen LogP contribution in [-0.2, 0) is 13.0 Å². The normalized spacial score (nSPS) is 13.3. The van der Waals surface area contributed by atoms with Crippen molar-refractivity contribution in [2.24, 2.45) is 0 Å². The highest BCUT2D eigenvalue weighted by Crippen LogP contribution is 2.39. The van der Waals surface area contributed by atoms with Crippen molar-refractivity contribution >= 4 is 34.8 Å². The van der Waals surface area contributed by atoms with Gasteiger partial charge in [0.25, 0.3) is 5.91 Å². The third-order valence-corrected chi connectivity index (χ3v) is 5.72. The Morgan fingerprint density at radius 2 is 1.83 bits per heavy atom. The maximum absolute atomic E-state index is 13.6. The molecule has 0 aliphatic carbocycles. The van der Waals surface area contributed by atoms with Gasteiger partial charge in [0.1, 0.15) is 11.6 Å². The molecule has 0 spiro atoms. The van der Waals surface area contributed by atoms with Crippen molar-refractivity contribution in [3.8, 4) is 11.5 Å². The maximum atomic E-state index is 13.6. The molecule has 30 heavy (non-hydrogen) atoms. The lowest BCUT2D eigenvalue weighted by Gasteiger charge is -2.29. The molecule has 1 aliphatic heterocycles. The van der Waals surface area contributed by atoms with Crippen LogP contribution in [0.25, 0.3) is 0 Å². The molecule has 2 N–H and O–H groups in total. The molecule has 0 atom stereocenters. The van der Waals surface area contributed by atoms with Crippen LogP contribution in [0.5, 0.6) is 11.5 Å². The number of halogens is 3. The molecule has 0 saturated carbocycles. The second-order valence-corrected chi connectivity index (χ2v) is 8.10. The zero-order valence-electron chi connectivity index (χ0n) is 16.2. The molecule has 1 heterocycles. The number of nitrogen functional groups attached to an aromatic ring is 1. The van der Waals surface area contributed by atoms with Gasteiger partial charge in [0.05, 0.1) is 10.0 Å². The number of carbonyl (C=O) groups excluding carboxylic acids is 1. The maximum Gasteiger partial charge on any atom is 0.254 e. The van der Waals surface area contributed by atoms with Crippen molar-refractivity contribution < 1.29 is 13.9 Å². The summed E-state index contributed by atoms with van der Waals surface area (Å²) in [5.41, 5.74) is 9.42. The Labute approximate surface area is 184 Å². The lowest BCUT2D eigenvalue weighted by Crippen LogP contribution is -2.37. The molecule has 3 aromatic rings. The minimum atomic E-state index is -0.303. The van der Waals surface area contributed by atoms with Crippen LogP contribution in [0.3, 0.4) is 0 Å². The number of rotatable bonds is 4. The summed E-state index contributed by atoms with van der Waals surface area (Å²) in [7, 11) is 0. The van der Waals surface area contributed by atoms with Gasteiger partial charge in [-0.1, -0.05) is 29.3 Å². The van der Waals surface area contributed by atoms with Gasteiger partial charge >= 0.3 is 0 Å². The molecule has 0 unspecified atom stereocenters. The summed E-state index contributed by atoms with van der Waals surface area (Å²) >= 11 is 12.4. The fraction of sp³-hybridized carbons (Fsp3) is 0.174. The number of hydrogen-bond acceptors (Lipinski definition) is 3. The van der Waals surface area contributed by atoms with Gasteiger partial charge in [-0.25, -0.2) is 4.39 Å². The Balaban J connectivity index is 1.55. The van der Waals surface area contributed by atoms with Gasteiger partial charge in [0.2, 0.25) is 0 Å². The third-order valence-electron chi connectivity index (χ3n) is 5.16. The number of hydrogen-bond donors (Lipinski definition) is 1. The van der Waals surface area contributed by atoms with E-state index in [0.29, 0.717) is 52.3 Å². The van der Waals surface area contributed by atoms with Crippen molar-refractivity contribution in [2.45, 2.75) is 19.9 Å². The van der Waals surface area contributed by atoms with E-state index < -0.39 is 0 Å². The van der Waals surface area contributed by atoms with E-state index in [-0.39, 0.29) is 11.7 Å². The summed E-state index contributed by atoms with van der Waals surface area (Å²) in [6.07, 6.45) is 0.663. The Morgan fingerprint density at radius 3 is 2.57 bits per heavy atom. The second kappa shape index (κ2) is 8.17. The molecule has 154 valence electrons. The van der Waals surface area contributed by atoms with Gasteiger partial charge in [-0.05, 0) is 72.5 Å². The molecule has 3 aromatic carbocycles. The van der Waals surface area contributed by atoms with Gasteiger partial charge in [0, 0.05) is 24.3 Å². The summed E-state index contributed by atoms with van der Waals surface area (Å²) in [4.78, 5) is 14.7. The average molecular weight is 445 g/mol. The van der Waals surface area contributed by atoms with Gasteiger partial charge in [-0.15, -0.1) is 0 Å². The van der Waals surface area contributed by atoms with Crippen molar-refractivity contribution in [3.05, 3.63) is 86.6 Å². The van der Waals surface area contributed by atoms with Gasteiger partial charge in [0.15, 0.2) is 5.75 Å². The van der Waals surface area contributed by atoms with Crippen molar-refractivity contribution in [1.82, 2.24) is 4.90 Å². The summed E-state index contributed by atoms with van der Waals surface area (Å²) in [6, 6.07) is 13.0. The van der Waals surface area contributed by atoms with E-state index >= 15 is 0 Å². The topological polar surface area (TPSA) is 55.6 Å². The molecule has 4 nitrogen and oxygen atoms in total. The van der Waals surface area contributed by atoms with Gasteiger partial charge in [-0.3, -0.25) is 4.79 Å². The summed E-state index contributed by atoms with van der Waals surface area (Å²) in [5.74, 6) is 0.458. The Kier molecular flexibility index (Phi) is 5.58. The van der Waals surface area contributed by atoms with E-state index in [9.17, 15) is 9.18 Å². The Hall–Kier alpha value is -2.76. The van der Waals surface area contributed by atoms with Crippen LogP contribution < -0.4 is 10.5 Å². The van der Waals surface area contributed by atoms with E-state index in [2.05, 4.69) is 0 Å². The van der Waals surface area contributed by atoms with E-state index in [1.54, 1.807) is 35.2 Å². The molecule has 7 heteroatoms. The molecular formula is C23H19Cl2FN2O2. The number of nitrogens with zero attached hydrogens (tertiary/aromatic N) is 1. The highest BCUT2D eigenvalue weighted by Gasteiger charge is 2.25. The Bertz CT molecular complexity index is 1130. The quantitative estimate of drug-likeness (QED) is 0.500. The summed E-state index contributed by atoms with van der Waals surface area (Å²) in [6.45, 7) is 2.82. The van der Waals surface area contributed by atoms with Crippen molar-refractivity contribution in [1.29, 1.82) is 0 Å². The molecule has 0 saturated heterocycles. The molecule has 1 amide bonds. The number of aryl methyl sites for hydroxylation is 1. The van der Waals surface area contributed by atoms with Crippen molar-refractivity contribution in [2.75, 3.05) is 12.3 Å². The highest BCUT2D eigenvalue weighted by molar-refractivity contribution is 6.37. The standard InChI is InChI=1S/C23H19Cl2FN2O2/c1-13-2-3-16(26)8-15(13)12-28-7-6-14-9-18(4-5-19(14)23(28)29)30-22-20(24)10-17(27)11-21(22)25/h2-5,8-11H,6-7,12,27H2,1H3. The molecule has 0 aromatic heterocycles. The van der Waals surface area contributed by atoms with Crippen LogP contribution in [0.2, 0.25) is 10.0 Å². The molecule has 4 rings (SSSR count). The summed E-state index contributed by atoms with van der Waals surface area (Å²) < 4.78 is 19.5. The van der Waals surface area contributed by atoms with Crippen LogP contribution in [0.4, 0.5) is 10.1 Å².